The molecular weight excluding hydrogens is 238 g/mol. The standard InChI is InChI=1S/C14H13N5/c1-10-17-13(11-5-4-7-15-9-11)19-14(18-10)12-6-2-3-8-16-12/h2-9,13H,1H3,(H,17,18,19). The van der Waals surface area contributed by atoms with Gasteiger partial charge in [-0.05, 0) is 25.1 Å². The molecule has 1 aliphatic heterocycles. The number of hydrogen-bond donors (Lipinski definition) is 1. The molecule has 1 aliphatic rings. The molecule has 0 saturated carbocycles. The Morgan fingerprint density at radius 2 is 2.00 bits per heavy atom. The molecule has 3 heterocycles. The molecule has 3 rings (SSSR count). The fraction of sp³-hybridized carbons (Fsp3) is 0.143. The summed E-state index contributed by atoms with van der Waals surface area (Å²) < 4.78 is 0. The van der Waals surface area contributed by atoms with Crippen LogP contribution in [0.15, 0.2) is 58.9 Å². The molecule has 5 heteroatoms. The zero-order chi connectivity index (χ0) is 13.1. The highest BCUT2D eigenvalue weighted by atomic mass is 15.2. The number of pyridine rings is 2. The van der Waals surface area contributed by atoms with Crippen molar-refractivity contribution in [2.24, 2.45) is 9.98 Å². The van der Waals surface area contributed by atoms with Gasteiger partial charge in [0.15, 0.2) is 12.0 Å². The molecule has 0 spiro atoms. The lowest BCUT2D eigenvalue weighted by atomic mass is 10.2. The van der Waals surface area contributed by atoms with E-state index in [0.717, 1.165) is 22.9 Å². The van der Waals surface area contributed by atoms with Crippen molar-refractivity contribution in [3.05, 3.63) is 60.2 Å². The van der Waals surface area contributed by atoms with Gasteiger partial charge in [-0.25, -0.2) is 9.98 Å². The molecule has 0 radical (unpaired) electrons. The molecule has 0 saturated heterocycles. The normalized spacial score (nSPS) is 18.3. The van der Waals surface area contributed by atoms with E-state index in [2.05, 4.69) is 25.3 Å². The zero-order valence-corrected chi connectivity index (χ0v) is 10.5. The van der Waals surface area contributed by atoms with Crippen molar-refractivity contribution in [1.29, 1.82) is 0 Å². The van der Waals surface area contributed by atoms with Crippen molar-refractivity contribution in [1.82, 2.24) is 15.3 Å². The van der Waals surface area contributed by atoms with Gasteiger partial charge in [0.2, 0.25) is 0 Å². The van der Waals surface area contributed by atoms with Gasteiger partial charge in [-0.15, -0.1) is 0 Å². The first-order valence-electron chi connectivity index (χ1n) is 6.03. The summed E-state index contributed by atoms with van der Waals surface area (Å²) in [6.07, 6.45) is 5.02. The molecular formula is C14H13N5. The summed E-state index contributed by atoms with van der Waals surface area (Å²) in [4.78, 5) is 17.5. The molecule has 0 fully saturated rings. The first-order chi connectivity index (χ1) is 9.33. The Morgan fingerprint density at radius 1 is 1.05 bits per heavy atom. The summed E-state index contributed by atoms with van der Waals surface area (Å²) in [6, 6.07) is 9.60. The second-order valence-corrected chi connectivity index (χ2v) is 4.19. The lowest BCUT2D eigenvalue weighted by Crippen LogP contribution is -2.34. The lowest BCUT2D eigenvalue weighted by molar-refractivity contribution is 0.748. The van der Waals surface area contributed by atoms with Crippen LogP contribution in [0.1, 0.15) is 24.3 Å². The van der Waals surface area contributed by atoms with Crippen LogP contribution < -0.4 is 5.32 Å². The van der Waals surface area contributed by atoms with Crippen LogP contribution in [-0.2, 0) is 0 Å². The van der Waals surface area contributed by atoms with Crippen molar-refractivity contribution in [3.63, 3.8) is 0 Å². The molecule has 1 atom stereocenters. The van der Waals surface area contributed by atoms with E-state index in [1.165, 1.54) is 0 Å². The number of amidine groups is 2. The third-order valence-electron chi connectivity index (χ3n) is 2.76. The highest BCUT2D eigenvalue weighted by molar-refractivity contribution is 6.08. The van der Waals surface area contributed by atoms with E-state index in [4.69, 9.17) is 0 Å². The van der Waals surface area contributed by atoms with Crippen LogP contribution in [0.5, 0.6) is 0 Å². The number of hydrogen-bond acceptors (Lipinski definition) is 5. The quantitative estimate of drug-likeness (QED) is 0.887. The highest BCUT2D eigenvalue weighted by Crippen LogP contribution is 2.21. The minimum absolute atomic E-state index is 0.257. The van der Waals surface area contributed by atoms with Crippen LogP contribution >= 0.6 is 0 Å². The van der Waals surface area contributed by atoms with Gasteiger partial charge in [-0.3, -0.25) is 9.97 Å². The Hall–Kier alpha value is -2.56. The van der Waals surface area contributed by atoms with Crippen molar-refractivity contribution >= 4 is 11.7 Å². The Kier molecular flexibility index (Phi) is 3.02. The summed E-state index contributed by atoms with van der Waals surface area (Å²) in [7, 11) is 0. The van der Waals surface area contributed by atoms with Gasteiger partial charge in [0, 0.05) is 24.2 Å². The van der Waals surface area contributed by atoms with E-state index in [0.29, 0.717) is 0 Å². The van der Waals surface area contributed by atoms with Crippen molar-refractivity contribution in [2.45, 2.75) is 13.1 Å². The molecule has 0 amide bonds. The van der Waals surface area contributed by atoms with Crippen molar-refractivity contribution in [2.75, 3.05) is 0 Å². The predicted molar refractivity (Wildman–Crippen MR) is 74.0 cm³/mol. The molecule has 2 aromatic heterocycles. The molecule has 19 heavy (non-hydrogen) atoms. The number of nitrogens with zero attached hydrogens (tertiary/aromatic N) is 4. The van der Waals surface area contributed by atoms with Gasteiger partial charge < -0.3 is 5.32 Å². The Balaban J connectivity index is 1.97. The van der Waals surface area contributed by atoms with E-state index in [9.17, 15) is 0 Å². The smallest absolute Gasteiger partial charge is 0.170 e. The molecule has 0 aliphatic carbocycles. The van der Waals surface area contributed by atoms with Crippen LogP contribution in [0.3, 0.4) is 0 Å². The van der Waals surface area contributed by atoms with Gasteiger partial charge in [-0.2, -0.15) is 0 Å². The summed E-state index contributed by atoms with van der Waals surface area (Å²) in [6.45, 7) is 1.92. The largest absolute Gasteiger partial charge is 0.327 e. The average Bonchev–Trinajstić information content (AvgIpc) is 2.48. The van der Waals surface area contributed by atoms with Crippen LogP contribution in [0.2, 0.25) is 0 Å². The van der Waals surface area contributed by atoms with Crippen molar-refractivity contribution < 1.29 is 0 Å². The number of aromatic nitrogens is 2. The van der Waals surface area contributed by atoms with E-state index >= 15 is 0 Å². The maximum Gasteiger partial charge on any atom is 0.170 e. The summed E-state index contributed by atoms with van der Waals surface area (Å²) >= 11 is 0. The van der Waals surface area contributed by atoms with E-state index in [1.54, 1.807) is 18.6 Å². The second kappa shape index (κ2) is 4.97. The Labute approximate surface area is 111 Å². The molecule has 0 bridgehead atoms. The molecule has 2 aromatic rings. The average molecular weight is 251 g/mol. The summed E-state index contributed by atoms with van der Waals surface area (Å²) in [5.74, 6) is 1.56. The minimum Gasteiger partial charge on any atom is -0.327 e. The van der Waals surface area contributed by atoms with Gasteiger partial charge in [0.25, 0.3) is 0 Å². The topological polar surface area (TPSA) is 62.5 Å². The van der Waals surface area contributed by atoms with Gasteiger partial charge >= 0.3 is 0 Å². The predicted octanol–water partition coefficient (Wildman–Crippen LogP) is 1.94. The van der Waals surface area contributed by atoms with Crippen molar-refractivity contribution in [3.8, 4) is 0 Å². The summed E-state index contributed by atoms with van der Waals surface area (Å²) in [5, 5.41) is 3.15. The van der Waals surface area contributed by atoms with E-state index in [1.807, 2.05) is 37.3 Å². The third kappa shape index (κ3) is 2.49. The molecule has 0 aromatic carbocycles. The van der Waals surface area contributed by atoms with Gasteiger partial charge in [0.1, 0.15) is 11.5 Å². The maximum absolute atomic E-state index is 4.59. The molecule has 5 nitrogen and oxygen atoms in total. The fourth-order valence-corrected chi connectivity index (χ4v) is 1.88. The monoisotopic (exact) mass is 251 g/mol. The number of nitrogens with one attached hydrogen (secondary N) is 1. The van der Waals surface area contributed by atoms with Crippen LogP contribution in [-0.4, -0.2) is 21.6 Å². The maximum atomic E-state index is 4.59. The van der Waals surface area contributed by atoms with Crippen LogP contribution in [0.25, 0.3) is 0 Å². The number of rotatable bonds is 2. The molecule has 1 N–H and O–H groups in total. The van der Waals surface area contributed by atoms with Gasteiger partial charge in [-0.1, -0.05) is 12.1 Å². The highest BCUT2D eigenvalue weighted by Gasteiger charge is 2.17. The van der Waals surface area contributed by atoms with E-state index in [-0.39, 0.29) is 6.17 Å². The SMILES string of the molecule is CC1=NC(c2cccnc2)N=C(c2ccccn2)N1. The van der Waals surface area contributed by atoms with Crippen LogP contribution in [0, 0.1) is 0 Å². The van der Waals surface area contributed by atoms with Gasteiger partial charge in [0.05, 0.1) is 0 Å². The number of aliphatic imine (C=N–C) groups is 2. The second-order valence-electron chi connectivity index (χ2n) is 4.19. The zero-order valence-electron chi connectivity index (χ0n) is 10.5. The third-order valence-corrected chi connectivity index (χ3v) is 2.76. The Morgan fingerprint density at radius 3 is 2.74 bits per heavy atom. The van der Waals surface area contributed by atoms with E-state index < -0.39 is 0 Å². The fourth-order valence-electron chi connectivity index (χ4n) is 1.88. The minimum atomic E-state index is -0.257. The van der Waals surface area contributed by atoms with Crippen LogP contribution in [0.4, 0.5) is 0 Å². The molecule has 1 unspecified atom stereocenters. The first-order valence-corrected chi connectivity index (χ1v) is 6.03. The lowest BCUT2D eigenvalue weighted by Gasteiger charge is -2.19. The molecule has 94 valence electrons. The summed E-state index contributed by atoms with van der Waals surface area (Å²) in [5.41, 5.74) is 1.78. The first kappa shape index (κ1) is 11.5. The Bertz CT molecular complexity index is 619.